The van der Waals surface area contributed by atoms with E-state index in [4.69, 9.17) is 21.1 Å². The SMILES string of the molecule is COc1cc(OC)c(C(=O)c2cccc(Cl)c2)c(O)c1CN1CCCCC1. The zero-order valence-electron chi connectivity index (χ0n) is 15.6. The molecule has 144 valence electrons. The van der Waals surface area contributed by atoms with Crippen LogP contribution in [0, 0.1) is 0 Å². The van der Waals surface area contributed by atoms with E-state index in [0.29, 0.717) is 28.4 Å². The molecule has 27 heavy (non-hydrogen) atoms. The van der Waals surface area contributed by atoms with Gasteiger partial charge < -0.3 is 14.6 Å². The molecule has 1 saturated heterocycles. The fraction of sp³-hybridized carbons (Fsp3) is 0.381. The average molecular weight is 390 g/mol. The normalized spacial score (nSPS) is 14.8. The van der Waals surface area contributed by atoms with Crippen molar-refractivity contribution in [2.45, 2.75) is 25.8 Å². The Morgan fingerprint density at radius 2 is 1.81 bits per heavy atom. The second kappa shape index (κ2) is 8.63. The smallest absolute Gasteiger partial charge is 0.200 e. The van der Waals surface area contributed by atoms with E-state index in [0.717, 1.165) is 25.9 Å². The molecule has 2 aromatic rings. The van der Waals surface area contributed by atoms with Crippen molar-refractivity contribution in [3.8, 4) is 17.2 Å². The maximum atomic E-state index is 13.1. The van der Waals surface area contributed by atoms with Gasteiger partial charge in [-0.05, 0) is 38.1 Å². The molecule has 1 heterocycles. The summed E-state index contributed by atoms with van der Waals surface area (Å²) in [6, 6.07) is 8.32. The third-order valence-corrected chi connectivity index (χ3v) is 5.15. The highest BCUT2D eigenvalue weighted by atomic mass is 35.5. The quantitative estimate of drug-likeness (QED) is 0.747. The maximum absolute atomic E-state index is 13.1. The lowest BCUT2D eigenvalue weighted by molar-refractivity contribution is 0.103. The van der Waals surface area contributed by atoms with Gasteiger partial charge >= 0.3 is 0 Å². The van der Waals surface area contributed by atoms with Gasteiger partial charge in [0.1, 0.15) is 22.8 Å². The lowest BCUT2D eigenvalue weighted by Crippen LogP contribution is -2.29. The van der Waals surface area contributed by atoms with Gasteiger partial charge in [0.05, 0.1) is 19.8 Å². The van der Waals surface area contributed by atoms with Crippen molar-refractivity contribution in [2.24, 2.45) is 0 Å². The Balaban J connectivity index is 2.06. The van der Waals surface area contributed by atoms with Crippen LogP contribution in [0.3, 0.4) is 0 Å². The van der Waals surface area contributed by atoms with E-state index in [9.17, 15) is 9.90 Å². The number of aromatic hydroxyl groups is 1. The zero-order valence-corrected chi connectivity index (χ0v) is 16.4. The number of benzene rings is 2. The van der Waals surface area contributed by atoms with Crippen molar-refractivity contribution in [1.29, 1.82) is 0 Å². The monoisotopic (exact) mass is 389 g/mol. The number of phenols is 1. The first-order valence-corrected chi connectivity index (χ1v) is 9.42. The molecule has 0 spiro atoms. The Labute approximate surface area is 164 Å². The number of likely N-dealkylation sites (tertiary alicyclic amines) is 1. The molecule has 1 aliphatic heterocycles. The highest BCUT2D eigenvalue weighted by Gasteiger charge is 2.26. The topological polar surface area (TPSA) is 59.0 Å². The number of carbonyl (C=O) groups is 1. The van der Waals surface area contributed by atoms with Gasteiger partial charge in [-0.2, -0.15) is 0 Å². The van der Waals surface area contributed by atoms with Gasteiger partial charge in [0, 0.05) is 23.2 Å². The zero-order chi connectivity index (χ0) is 19.4. The van der Waals surface area contributed by atoms with Crippen LogP contribution >= 0.6 is 11.6 Å². The van der Waals surface area contributed by atoms with E-state index in [-0.39, 0.29) is 22.8 Å². The first-order valence-electron chi connectivity index (χ1n) is 9.04. The van der Waals surface area contributed by atoms with Gasteiger partial charge in [-0.3, -0.25) is 9.69 Å². The number of ether oxygens (including phenoxy) is 2. The first-order chi connectivity index (χ1) is 13.0. The van der Waals surface area contributed by atoms with E-state index in [2.05, 4.69) is 4.90 Å². The van der Waals surface area contributed by atoms with Crippen LogP contribution in [0.2, 0.25) is 5.02 Å². The van der Waals surface area contributed by atoms with E-state index in [1.165, 1.54) is 13.5 Å². The molecule has 0 aliphatic carbocycles. The summed E-state index contributed by atoms with van der Waals surface area (Å²) < 4.78 is 10.8. The van der Waals surface area contributed by atoms with E-state index < -0.39 is 0 Å². The third-order valence-electron chi connectivity index (χ3n) is 4.91. The van der Waals surface area contributed by atoms with Crippen molar-refractivity contribution < 1.29 is 19.4 Å². The number of nitrogens with zero attached hydrogens (tertiary/aromatic N) is 1. The highest BCUT2D eigenvalue weighted by molar-refractivity contribution is 6.31. The summed E-state index contributed by atoms with van der Waals surface area (Å²) in [4.78, 5) is 15.4. The van der Waals surface area contributed by atoms with E-state index in [1.807, 2.05) is 0 Å². The number of phenolic OH excluding ortho intramolecular Hbond substituents is 1. The number of rotatable bonds is 6. The molecule has 0 amide bonds. The molecule has 5 nitrogen and oxygen atoms in total. The molecule has 0 saturated carbocycles. The van der Waals surface area contributed by atoms with Gasteiger partial charge in [0.25, 0.3) is 0 Å². The lowest BCUT2D eigenvalue weighted by atomic mass is 9.97. The number of hydrogen-bond donors (Lipinski definition) is 1. The molecule has 3 rings (SSSR count). The molecule has 6 heteroatoms. The summed E-state index contributed by atoms with van der Waals surface area (Å²) in [5.74, 6) is 0.352. The number of piperidine rings is 1. The minimum atomic E-state index is -0.339. The van der Waals surface area contributed by atoms with Gasteiger partial charge in [-0.15, -0.1) is 0 Å². The molecule has 1 aliphatic rings. The molecule has 1 N–H and O–H groups in total. The molecular formula is C21H24ClNO4. The number of ketones is 1. The second-order valence-corrected chi connectivity index (χ2v) is 7.10. The minimum Gasteiger partial charge on any atom is -0.507 e. The van der Waals surface area contributed by atoms with Crippen molar-refractivity contribution in [2.75, 3.05) is 27.3 Å². The van der Waals surface area contributed by atoms with Crippen molar-refractivity contribution in [3.05, 3.63) is 52.0 Å². The van der Waals surface area contributed by atoms with Crippen LogP contribution in [0.25, 0.3) is 0 Å². The van der Waals surface area contributed by atoms with Crippen LogP contribution < -0.4 is 9.47 Å². The van der Waals surface area contributed by atoms with Crippen LogP contribution in [-0.4, -0.2) is 43.1 Å². The van der Waals surface area contributed by atoms with E-state index in [1.54, 1.807) is 37.4 Å². The molecule has 1 fully saturated rings. The van der Waals surface area contributed by atoms with Crippen molar-refractivity contribution >= 4 is 17.4 Å². The molecule has 0 unspecified atom stereocenters. The van der Waals surface area contributed by atoms with Gasteiger partial charge in [-0.1, -0.05) is 30.2 Å². The third kappa shape index (κ3) is 4.20. The molecule has 0 atom stereocenters. The fourth-order valence-electron chi connectivity index (χ4n) is 3.49. The molecular weight excluding hydrogens is 366 g/mol. The van der Waals surface area contributed by atoms with Crippen LogP contribution in [0.1, 0.15) is 40.7 Å². The summed E-state index contributed by atoms with van der Waals surface area (Å²) in [5.41, 5.74) is 1.13. The Morgan fingerprint density at radius 3 is 2.44 bits per heavy atom. The first kappa shape index (κ1) is 19.5. The predicted octanol–water partition coefficient (Wildman–Crippen LogP) is 4.28. The van der Waals surface area contributed by atoms with Crippen LogP contribution in [0.15, 0.2) is 30.3 Å². The van der Waals surface area contributed by atoms with Crippen molar-refractivity contribution in [1.82, 2.24) is 4.90 Å². The Hall–Kier alpha value is -2.24. The number of halogens is 1. The molecule has 0 bridgehead atoms. The second-order valence-electron chi connectivity index (χ2n) is 6.66. The summed E-state index contributed by atoms with van der Waals surface area (Å²) in [5, 5.41) is 11.5. The highest BCUT2D eigenvalue weighted by Crippen LogP contribution is 2.40. The molecule has 0 aromatic heterocycles. The Morgan fingerprint density at radius 1 is 1.11 bits per heavy atom. The Bertz CT molecular complexity index is 831. The largest absolute Gasteiger partial charge is 0.507 e. The maximum Gasteiger partial charge on any atom is 0.200 e. The summed E-state index contributed by atoms with van der Waals surface area (Å²) in [7, 11) is 3.01. The standard InChI is InChI=1S/C21H24ClNO4/c1-26-17-12-18(27-2)19(20(24)14-7-6-8-15(22)11-14)21(25)16(17)13-23-9-4-3-5-10-23/h6-8,11-12,25H,3-5,9-10,13H2,1-2H3. The lowest BCUT2D eigenvalue weighted by Gasteiger charge is -2.28. The Kier molecular flexibility index (Phi) is 6.24. The summed E-state index contributed by atoms with van der Waals surface area (Å²) >= 11 is 6.02. The average Bonchev–Trinajstić information content (AvgIpc) is 2.69. The molecule has 2 aromatic carbocycles. The van der Waals surface area contributed by atoms with Gasteiger partial charge in [0.15, 0.2) is 0 Å². The van der Waals surface area contributed by atoms with Crippen LogP contribution in [0.5, 0.6) is 17.2 Å². The molecule has 0 radical (unpaired) electrons. The van der Waals surface area contributed by atoms with Crippen LogP contribution in [-0.2, 0) is 6.54 Å². The van der Waals surface area contributed by atoms with Gasteiger partial charge in [0.2, 0.25) is 5.78 Å². The number of hydrogen-bond acceptors (Lipinski definition) is 5. The fourth-order valence-corrected chi connectivity index (χ4v) is 3.68. The van der Waals surface area contributed by atoms with Crippen molar-refractivity contribution in [3.63, 3.8) is 0 Å². The minimum absolute atomic E-state index is 0.0956. The van der Waals surface area contributed by atoms with Crippen LogP contribution in [0.4, 0.5) is 0 Å². The van der Waals surface area contributed by atoms with E-state index >= 15 is 0 Å². The number of methoxy groups -OCH3 is 2. The summed E-state index contributed by atoms with van der Waals surface area (Å²) in [6.45, 7) is 2.45. The number of carbonyl (C=O) groups excluding carboxylic acids is 1. The predicted molar refractivity (Wildman–Crippen MR) is 105 cm³/mol. The van der Waals surface area contributed by atoms with Gasteiger partial charge in [-0.25, -0.2) is 0 Å². The summed E-state index contributed by atoms with van der Waals surface area (Å²) in [6.07, 6.45) is 3.49.